The number of carbonyl (C=O) groups excluding carboxylic acids is 1. The summed E-state index contributed by atoms with van der Waals surface area (Å²) in [6, 6.07) is 11.5. The summed E-state index contributed by atoms with van der Waals surface area (Å²) in [5.74, 6) is 0.318. The highest BCUT2D eigenvalue weighted by Gasteiger charge is 2.34. The first kappa shape index (κ1) is 22.2. The van der Waals surface area contributed by atoms with Gasteiger partial charge in [-0.3, -0.25) is 4.79 Å². The molecule has 0 unspecified atom stereocenters. The zero-order valence-electron chi connectivity index (χ0n) is 18.8. The van der Waals surface area contributed by atoms with E-state index in [-0.39, 0.29) is 17.5 Å². The normalized spacial score (nSPS) is 20.2. The van der Waals surface area contributed by atoms with E-state index in [1.54, 1.807) is 18.3 Å². The molecule has 0 spiro atoms. The van der Waals surface area contributed by atoms with Crippen molar-refractivity contribution >= 4 is 40.0 Å². The highest BCUT2D eigenvalue weighted by Crippen LogP contribution is 2.34. The van der Waals surface area contributed by atoms with E-state index in [4.69, 9.17) is 22.3 Å². The molecule has 0 saturated heterocycles. The van der Waals surface area contributed by atoms with Crippen LogP contribution in [0.25, 0.3) is 22.2 Å². The standard InChI is InChI=1S/C25H26ClN7O/c1-25(33-23(34)21-9-8-15(27)12-28-21)10-4-5-16(11-25)31-24-30-14-19(26)22(32-24)18-13-29-20-7-3-2-6-17(18)20/h2-3,6-9,12-14,16,29H,4-5,10-11,27H2,1H3,(H,33,34)(H,30,31,32)/t16-,25+/m1/s1. The van der Waals surface area contributed by atoms with Gasteiger partial charge in [-0.1, -0.05) is 29.8 Å². The second kappa shape index (κ2) is 8.95. The number of benzene rings is 1. The third kappa shape index (κ3) is 4.54. The fourth-order valence-electron chi connectivity index (χ4n) is 4.68. The van der Waals surface area contributed by atoms with Crippen molar-refractivity contribution in [3.8, 4) is 11.3 Å². The van der Waals surface area contributed by atoms with E-state index in [1.807, 2.05) is 30.5 Å². The molecular weight excluding hydrogens is 450 g/mol. The second-order valence-corrected chi connectivity index (χ2v) is 9.47. The molecular formula is C25H26ClN7O. The highest BCUT2D eigenvalue weighted by molar-refractivity contribution is 6.33. The van der Waals surface area contributed by atoms with Crippen molar-refractivity contribution in [1.82, 2.24) is 25.3 Å². The molecule has 1 fully saturated rings. The number of carbonyl (C=O) groups is 1. The SMILES string of the molecule is C[C@]1(NC(=O)c2ccc(N)cn2)CCC[C@@H](Nc2ncc(Cl)c(-c3c[nH]c4ccccc34)n2)C1. The van der Waals surface area contributed by atoms with Crippen molar-refractivity contribution in [3.05, 3.63) is 65.7 Å². The average Bonchev–Trinajstić information content (AvgIpc) is 3.24. The lowest BCUT2D eigenvalue weighted by Crippen LogP contribution is -2.51. The molecule has 34 heavy (non-hydrogen) atoms. The minimum absolute atomic E-state index is 0.107. The number of pyridine rings is 1. The fourth-order valence-corrected chi connectivity index (χ4v) is 4.87. The van der Waals surface area contributed by atoms with E-state index in [1.165, 1.54) is 6.20 Å². The molecule has 5 N–H and O–H groups in total. The quantitative estimate of drug-likeness (QED) is 0.329. The summed E-state index contributed by atoms with van der Waals surface area (Å²) in [6.07, 6.45) is 8.58. The maximum atomic E-state index is 12.7. The van der Waals surface area contributed by atoms with Crippen molar-refractivity contribution in [2.45, 2.75) is 44.2 Å². The van der Waals surface area contributed by atoms with E-state index in [0.717, 1.165) is 42.1 Å². The first-order chi connectivity index (χ1) is 16.4. The van der Waals surface area contributed by atoms with E-state index < -0.39 is 0 Å². The molecule has 1 aliphatic rings. The van der Waals surface area contributed by atoms with E-state index in [2.05, 4.69) is 32.5 Å². The Morgan fingerprint density at radius 3 is 2.88 bits per heavy atom. The zero-order valence-corrected chi connectivity index (χ0v) is 19.6. The van der Waals surface area contributed by atoms with Crippen LogP contribution < -0.4 is 16.4 Å². The van der Waals surface area contributed by atoms with Crippen LogP contribution in [0.15, 0.2) is 55.0 Å². The molecule has 3 heterocycles. The van der Waals surface area contributed by atoms with Crippen LogP contribution in [0.5, 0.6) is 0 Å². The Kier molecular flexibility index (Phi) is 5.83. The summed E-state index contributed by atoms with van der Waals surface area (Å²) in [4.78, 5) is 29.3. The summed E-state index contributed by atoms with van der Waals surface area (Å²) in [6.45, 7) is 2.07. The van der Waals surface area contributed by atoms with Gasteiger partial charge < -0.3 is 21.4 Å². The minimum Gasteiger partial charge on any atom is -0.397 e. The summed E-state index contributed by atoms with van der Waals surface area (Å²) >= 11 is 6.47. The van der Waals surface area contributed by atoms with Crippen LogP contribution in [0.2, 0.25) is 5.02 Å². The summed E-state index contributed by atoms with van der Waals surface area (Å²) < 4.78 is 0. The Labute approximate surface area is 202 Å². The Bertz CT molecular complexity index is 1340. The number of amides is 1. The smallest absolute Gasteiger partial charge is 0.270 e. The minimum atomic E-state index is -0.373. The van der Waals surface area contributed by atoms with Crippen molar-refractivity contribution in [1.29, 1.82) is 0 Å². The number of H-pyrrole nitrogens is 1. The summed E-state index contributed by atoms with van der Waals surface area (Å²) in [7, 11) is 0. The molecule has 0 bridgehead atoms. The van der Waals surface area contributed by atoms with E-state index in [0.29, 0.717) is 28.0 Å². The van der Waals surface area contributed by atoms with Gasteiger partial charge in [0.15, 0.2) is 0 Å². The number of nitrogens with two attached hydrogens (primary N) is 1. The van der Waals surface area contributed by atoms with Crippen LogP contribution in [0.1, 0.15) is 43.1 Å². The van der Waals surface area contributed by atoms with Gasteiger partial charge in [0.05, 0.1) is 28.8 Å². The first-order valence-corrected chi connectivity index (χ1v) is 11.7. The molecule has 1 aliphatic carbocycles. The molecule has 9 heteroatoms. The van der Waals surface area contributed by atoms with Gasteiger partial charge in [-0.05, 0) is 50.8 Å². The van der Waals surface area contributed by atoms with Crippen molar-refractivity contribution < 1.29 is 4.79 Å². The van der Waals surface area contributed by atoms with Gasteiger partial charge in [-0.25, -0.2) is 15.0 Å². The topological polar surface area (TPSA) is 122 Å². The van der Waals surface area contributed by atoms with Crippen molar-refractivity contribution in [2.75, 3.05) is 11.1 Å². The number of fused-ring (bicyclic) bond motifs is 1. The number of hydrogen-bond donors (Lipinski definition) is 4. The molecule has 8 nitrogen and oxygen atoms in total. The number of rotatable bonds is 5. The number of nitrogens with one attached hydrogen (secondary N) is 3. The van der Waals surface area contributed by atoms with Crippen molar-refractivity contribution in [3.63, 3.8) is 0 Å². The number of anilines is 2. The Balaban J connectivity index is 1.32. The van der Waals surface area contributed by atoms with Gasteiger partial charge in [0.25, 0.3) is 5.91 Å². The van der Waals surface area contributed by atoms with Gasteiger partial charge in [0.2, 0.25) is 5.95 Å². The monoisotopic (exact) mass is 475 g/mol. The van der Waals surface area contributed by atoms with Crippen molar-refractivity contribution in [2.24, 2.45) is 0 Å². The Morgan fingerprint density at radius 2 is 2.06 bits per heavy atom. The number of para-hydroxylation sites is 1. The Hall–Kier alpha value is -3.65. The molecule has 1 amide bonds. The molecule has 3 aromatic heterocycles. The zero-order chi connectivity index (χ0) is 23.7. The van der Waals surface area contributed by atoms with Crippen LogP contribution in [-0.2, 0) is 0 Å². The van der Waals surface area contributed by atoms with Crippen LogP contribution in [0, 0.1) is 0 Å². The maximum Gasteiger partial charge on any atom is 0.270 e. The lowest BCUT2D eigenvalue weighted by molar-refractivity contribution is 0.0874. The number of hydrogen-bond acceptors (Lipinski definition) is 6. The van der Waals surface area contributed by atoms with Gasteiger partial charge in [-0.2, -0.15) is 0 Å². The average molecular weight is 476 g/mol. The Morgan fingerprint density at radius 1 is 1.21 bits per heavy atom. The van der Waals surface area contributed by atoms with Gasteiger partial charge >= 0.3 is 0 Å². The van der Waals surface area contributed by atoms with E-state index >= 15 is 0 Å². The number of halogens is 1. The molecule has 4 aromatic rings. The predicted molar refractivity (Wildman–Crippen MR) is 135 cm³/mol. The van der Waals surface area contributed by atoms with Gasteiger partial charge in [0, 0.05) is 34.2 Å². The highest BCUT2D eigenvalue weighted by atomic mass is 35.5. The number of nitrogen functional groups attached to an aromatic ring is 1. The van der Waals surface area contributed by atoms with Gasteiger partial charge in [0.1, 0.15) is 5.69 Å². The number of nitrogens with zero attached hydrogens (tertiary/aromatic N) is 3. The molecule has 2 atom stereocenters. The number of aromatic nitrogens is 4. The fraction of sp³-hybridized carbons (Fsp3) is 0.280. The molecule has 1 aromatic carbocycles. The van der Waals surface area contributed by atoms with Crippen LogP contribution >= 0.6 is 11.6 Å². The molecule has 0 radical (unpaired) electrons. The second-order valence-electron chi connectivity index (χ2n) is 9.07. The largest absolute Gasteiger partial charge is 0.397 e. The summed E-state index contributed by atoms with van der Waals surface area (Å²) in [5.41, 5.74) is 8.83. The lowest BCUT2D eigenvalue weighted by atomic mass is 9.80. The number of aromatic amines is 1. The maximum absolute atomic E-state index is 12.7. The molecule has 1 saturated carbocycles. The molecule has 174 valence electrons. The third-order valence-electron chi connectivity index (χ3n) is 6.33. The first-order valence-electron chi connectivity index (χ1n) is 11.3. The third-order valence-corrected chi connectivity index (χ3v) is 6.61. The molecule has 0 aliphatic heterocycles. The molecule has 5 rings (SSSR count). The lowest BCUT2D eigenvalue weighted by Gasteiger charge is -2.39. The van der Waals surface area contributed by atoms with E-state index in [9.17, 15) is 4.79 Å². The van der Waals surface area contributed by atoms with Gasteiger partial charge in [-0.15, -0.1) is 0 Å². The van der Waals surface area contributed by atoms with Crippen LogP contribution in [0.3, 0.4) is 0 Å². The van der Waals surface area contributed by atoms with Crippen LogP contribution in [0.4, 0.5) is 11.6 Å². The summed E-state index contributed by atoms with van der Waals surface area (Å²) in [5, 5.41) is 8.17. The predicted octanol–water partition coefficient (Wildman–Crippen LogP) is 4.80. The van der Waals surface area contributed by atoms with Crippen LogP contribution in [-0.4, -0.2) is 37.4 Å².